The normalized spacial score (nSPS) is 11.8. The summed E-state index contributed by atoms with van der Waals surface area (Å²) in [6.07, 6.45) is 0.871. The summed E-state index contributed by atoms with van der Waals surface area (Å²) < 4.78 is 7.29. The predicted octanol–water partition coefficient (Wildman–Crippen LogP) is 4.61. The minimum Gasteiger partial charge on any atom is -0.485 e. The largest absolute Gasteiger partial charge is 0.485 e. The number of hydrogen-bond acceptors (Lipinski definition) is 4. The molecule has 3 rings (SSSR count). The molecule has 1 aromatic heterocycles. The van der Waals surface area contributed by atoms with Gasteiger partial charge in [-0.05, 0) is 23.8 Å². The first-order valence-corrected chi connectivity index (χ1v) is 8.46. The highest BCUT2D eigenvalue weighted by Crippen LogP contribution is 2.35. The van der Waals surface area contributed by atoms with Crippen LogP contribution >= 0.6 is 11.3 Å². The Morgan fingerprint density at radius 1 is 1.21 bits per heavy atom. The van der Waals surface area contributed by atoms with Crippen LogP contribution in [0.3, 0.4) is 0 Å². The van der Waals surface area contributed by atoms with E-state index in [1.807, 2.05) is 54.6 Å². The summed E-state index contributed by atoms with van der Waals surface area (Å²) in [7, 11) is 0. The third-order valence-corrected chi connectivity index (χ3v) is 4.88. The molecule has 1 unspecified atom stereocenters. The molecule has 0 amide bonds. The van der Waals surface area contributed by atoms with Crippen LogP contribution in [0.4, 0.5) is 0 Å². The number of amidine groups is 1. The molecule has 1 heterocycles. The lowest BCUT2D eigenvalue weighted by molar-refractivity contribution is 0.199. The number of thiophene rings is 1. The number of nitrogens with one attached hydrogen (secondary N) is 1. The summed E-state index contributed by atoms with van der Waals surface area (Å²) in [6, 6.07) is 19.8. The summed E-state index contributed by atoms with van der Waals surface area (Å²) in [5.41, 5.74) is 6.65. The van der Waals surface area contributed by atoms with Crippen molar-refractivity contribution in [3.63, 3.8) is 0 Å². The number of nitriles is 1. The van der Waals surface area contributed by atoms with Gasteiger partial charge in [-0.2, -0.15) is 5.26 Å². The fraction of sp³-hybridized carbons (Fsp3) is 0.158. The second kappa shape index (κ2) is 7.16. The molecule has 0 aliphatic carbocycles. The van der Waals surface area contributed by atoms with Crippen molar-refractivity contribution >= 4 is 27.3 Å². The van der Waals surface area contributed by atoms with E-state index in [9.17, 15) is 0 Å². The van der Waals surface area contributed by atoms with Crippen molar-refractivity contribution in [2.75, 3.05) is 0 Å². The quantitative estimate of drug-likeness (QED) is 0.510. The van der Waals surface area contributed by atoms with E-state index in [0.29, 0.717) is 12.8 Å². The summed E-state index contributed by atoms with van der Waals surface area (Å²) in [5.74, 6) is 0.814. The van der Waals surface area contributed by atoms with Crippen LogP contribution in [0.5, 0.6) is 5.75 Å². The molecule has 0 aliphatic heterocycles. The van der Waals surface area contributed by atoms with E-state index in [0.717, 1.165) is 26.3 Å². The monoisotopic (exact) mass is 335 g/mol. The van der Waals surface area contributed by atoms with Crippen LogP contribution < -0.4 is 10.5 Å². The molecule has 0 spiro atoms. The maximum Gasteiger partial charge on any atom is 0.133 e. The van der Waals surface area contributed by atoms with Gasteiger partial charge in [0, 0.05) is 22.9 Å². The Morgan fingerprint density at radius 3 is 2.71 bits per heavy atom. The highest BCUT2D eigenvalue weighted by molar-refractivity contribution is 7.20. The molecular weight excluding hydrogens is 318 g/mol. The number of ether oxygens (including phenoxy) is 1. The number of nitrogens with zero attached hydrogens (tertiary/aromatic N) is 1. The zero-order valence-electron chi connectivity index (χ0n) is 13.0. The lowest BCUT2D eigenvalue weighted by atomic mass is 10.0. The first-order valence-electron chi connectivity index (χ1n) is 7.64. The van der Waals surface area contributed by atoms with Gasteiger partial charge in [-0.3, -0.25) is 5.41 Å². The lowest BCUT2D eigenvalue weighted by Crippen LogP contribution is -2.08. The zero-order chi connectivity index (χ0) is 16.9. The van der Waals surface area contributed by atoms with Gasteiger partial charge in [-0.1, -0.05) is 36.4 Å². The molecule has 0 aliphatic rings. The van der Waals surface area contributed by atoms with Gasteiger partial charge in [0.25, 0.3) is 0 Å². The van der Waals surface area contributed by atoms with Crippen LogP contribution in [-0.2, 0) is 0 Å². The van der Waals surface area contributed by atoms with Crippen LogP contribution in [0.1, 0.15) is 29.4 Å². The average molecular weight is 335 g/mol. The third kappa shape index (κ3) is 3.39. The summed E-state index contributed by atoms with van der Waals surface area (Å²) in [4.78, 5) is 0.731. The second-order valence-electron chi connectivity index (χ2n) is 5.41. The van der Waals surface area contributed by atoms with Crippen molar-refractivity contribution < 1.29 is 4.74 Å². The number of hydrogen-bond donors (Lipinski definition) is 2. The Balaban J connectivity index is 1.96. The van der Waals surface area contributed by atoms with Crippen molar-refractivity contribution in [2.45, 2.75) is 18.9 Å². The van der Waals surface area contributed by atoms with Crippen LogP contribution in [-0.4, -0.2) is 5.84 Å². The average Bonchev–Trinajstić information content (AvgIpc) is 3.05. The number of nitrogens with two attached hydrogens (primary N) is 1. The van der Waals surface area contributed by atoms with Gasteiger partial charge in [0.1, 0.15) is 17.7 Å². The van der Waals surface area contributed by atoms with Crippen molar-refractivity contribution in [1.29, 1.82) is 10.7 Å². The fourth-order valence-corrected chi connectivity index (χ4v) is 3.52. The lowest BCUT2D eigenvalue weighted by Gasteiger charge is -2.19. The molecule has 0 radical (unpaired) electrons. The van der Waals surface area contributed by atoms with E-state index in [2.05, 4.69) is 6.07 Å². The van der Waals surface area contributed by atoms with Gasteiger partial charge >= 0.3 is 0 Å². The Hall–Kier alpha value is -2.84. The molecule has 0 fully saturated rings. The van der Waals surface area contributed by atoms with Crippen LogP contribution in [0.25, 0.3) is 10.1 Å². The number of nitrogen functional groups attached to an aromatic ring is 1. The fourth-order valence-electron chi connectivity index (χ4n) is 2.58. The van der Waals surface area contributed by atoms with Gasteiger partial charge < -0.3 is 10.5 Å². The SMILES string of the molecule is N#CCCC(Oc1cccc2sc(C(=N)N)cc12)c1ccccc1. The van der Waals surface area contributed by atoms with Crippen molar-refractivity contribution in [1.82, 2.24) is 0 Å². The maximum absolute atomic E-state index is 8.92. The molecular formula is C19H17N3OS. The second-order valence-corrected chi connectivity index (χ2v) is 6.49. The van der Waals surface area contributed by atoms with Gasteiger partial charge in [0.15, 0.2) is 0 Å². The molecule has 24 heavy (non-hydrogen) atoms. The van der Waals surface area contributed by atoms with Crippen LogP contribution in [0.15, 0.2) is 54.6 Å². The van der Waals surface area contributed by atoms with E-state index in [4.69, 9.17) is 21.1 Å². The number of benzene rings is 2. The maximum atomic E-state index is 8.92. The minimum atomic E-state index is -0.183. The van der Waals surface area contributed by atoms with Gasteiger partial charge in [-0.25, -0.2) is 0 Å². The molecule has 0 saturated carbocycles. The Morgan fingerprint density at radius 2 is 2.00 bits per heavy atom. The molecule has 5 heteroatoms. The van der Waals surface area contributed by atoms with Gasteiger partial charge in [0.05, 0.1) is 10.9 Å². The van der Waals surface area contributed by atoms with E-state index >= 15 is 0 Å². The third-order valence-electron chi connectivity index (χ3n) is 3.75. The van der Waals surface area contributed by atoms with Crippen molar-refractivity contribution in [2.24, 2.45) is 5.73 Å². The highest BCUT2D eigenvalue weighted by atomic mass is 32.1. The molecule has 1 atom stereocenters. The Kier molecular flexibility index (Phi) is 4.78. The number of fused-ring (bicyclic) bond motifs is 1. The van der Waals surface area contributed by atoms with Gasteiger partial charge in [0.2, 0.25) is 0 Å². The topological polar surface area (TPSA) is 82.9 Å². The number of rotatable bonds is 6. The van der Waals surface area contributed by atoms with E-state index in [1.165, 1.54) is 11.3 Å². The van der Waals surface area contributed by atoms with E-state index in [1.54, 1.807) is 0 Å². The molecule has 3 aromatic rings. The Labute approximate surface area is 144 Å². The summed E-state index contributed by atoms with van der Waals surface area (Å²) in [5, 5.41) is 17.5. The van der Waals surface area contributed by atoms with E-state index < -0.39 is 0 Å². The van der Waals surface area contributed by atoms with Crippen molar-refractivity contribution in [3.8, 4) is 11.8 Å². The first-order chi connectivity index (χ1) is 11.7. The van der Waals surface area contributed by atoms with Crippen LogP contribution in [0.2, 0.25) is 0 Å². The van der Waals surface area contributed by atoms with Gasteiger partial charge in [-0.15, -0.1) is 11.3 Å². The smallest absolute Gasteiger partial charge is 0.133 e. The molecule has 3 N–H and O–H groups in total. The molecule has 120 valence electrons. The molecule has 0 saturated heterocycles. The summed E-state index contributed by atoms with van der Waals surface area (Å²) in [6.45, 7) is 0. The molecule has 0 bridgehead atoms. The van der Waals surface area contributed by atoms with Crippen molar-refractivity contribution in [3.05, 3.63) is 65.0 Å². The molecule has 2 aromatic carbocycles. The standard InChI is InChI=1S/C19H17N3OS/c20-11-5-9-15(13-6-2-1-3-7-13)23-16-8-4-10-17-14(16)12-18(24-17)19(21)22/h1-4,6-8,10,12,15H,5,9H2,(H3,21,22). The minimum absolute atomic E-state index is 0.0613. The van der Waals surface area contributed by atoms with E-state index in [-0.39, 0.29) is 11.9 Å². The van der Waals surface area contributed by atoms with Crippen LogP contribution in [0, 0.1) is 16.7 Å². The Bertz CT molecular complexity index is 896. The first kappa shape index (κ1) is 16.0. The summed E-state index contributed by atoms with van der Waals surface area (Å²) >= 11 is 1.48. The molecule has 4 nitrogen and oxygen atoms in total. The predicted molar refractivity (Wildman–Crippen MR) is 97.5 cm³/mol. The zero-order valence-corrected chi connectivity index (χ0v) is 13.8. The highest BCUT2D eigenvalue weighted by Gasteiger charge is 2.16.